The Balaban J connectivity index is 1.73. The Morgan fingerprint density at radius 2 is 2.25 bits per heavy atom. The number of fused-ring (bicyclic) bond motifs is 1. The first-order chi connectivity index (χ1) is 9.78. The summed E-state index contributed by atoms with van der Waals surface area (Å²) >= 11 is 2.77. The first-order valence-electron chi connectivity index (χ1n) is 6.22. The Labute approximate surface area is 124 Å². The second-order valence-corrected chi connectivity index (χ2v) is 6.16. The van der Waals surface area contributed by atoms with Crippen molar-refractivity contribution < 1.29 is 9.21 Å². The third kappa shape index (κ3) is 2.62. The van der Waals surface area contributed by atoms with Crippen molar-refractivity contribution in [3.8, 4) is 0 Å². The molecule has 1 aromatic carbocycles. The lowest BCUT2D eigenvalue weighted by Crippen LogP contribution is -2.01. The van der Waals surface area contributed by atoms with Gasteiger partial charge in [-0.05, 0) is 17.6 Å². The Bertz CT molecular complexity index is 748. The maximum Gasteiger partial charge on any atom is 0.177 e. The Morgan fingerprint density at radius 1 is 1.40 bits per heavy atom. The lowest BCUT2D eigenvalue weighted by atomic mass is 10.1. The van der Waals surface area contributed by atoms with E-state index in [1.807, 2.05) is 31.2 Å². The highest BCUT2D eigenvalue weighted by molar-refractivity contribution is 8.01. The number of nitrogens with zero attached hydrogens (tertiary/aromatic N) is 2. The zero-order valence-corrected chi connectivity index (χ0v) is 12.5. The predicted octanol–water partition coefficient (Wildman–Crippen LogP) is 3.82. The average molecular weight is 304 g/mol. The molecule has 3 rings (SSSR count). The number of Topliss-reactive ketones (excluding diaryl/α,β-unsaturated/α-hetero) is 1. The highest BCUT2D eigenvalue weighted by Gasteiger charge is 2.14. The fourth-order valence-electron chi connectivity index (χ4n) is 1.84. The largest absolute Gasteiger partial charge is 0.464 e. The van der Waals surface area contributed by atoms with Crippen molar-refractivity contribution in [3.05, 3.63) is 41.9 Å². The molecule has 0 aliphatic heterocycles. The fourth-order valence-corrected chi connectivity index (χ4v) is 3.42. The molecule has 20 heavy (non-hydrogen) atoms. The van der Waals surface area contributed by atoms with Crippen LogP contribution >= 0.6 is 23.3 Å². The zero-order chi connectivity index (χ0) is 13.9. The summed E-state index contributed by atoms with van der Waals surface area (Å²) in [6.45, 7) is 2.01. The fraction of sp³-hybridized carbons (Fsp3) is 0.214. The van der Waals surface area contributed by atoms with Crippen molar-refractivity contribution in [1.82, 2.24) is 9.36 Å². The summed E-state index contributed by atoms with van der Waals surface area (Å²) in [5, 5.41) is 0.865. The third-order valence-electron chi connectivity index (χ3n) is 2.87. The summed E-state index contributed by atoms with van der Waals surface area (Å²) in [5.74, 6) is 1.23. The van der Waals surface area contributed by atoms with E-state index in [1.54, 1.807) is 0 Å². The summed E-state index contributed by atoms with van der Waals surface area (Å²) in [5.41, 5.74) is 1.37. The molecule has 0 aliphatic rings. The zero-order valence-electron chi connectivity index (χ0n) is 10.8. The number of carbonyl (C=O) groups is 1. The summed E-state index contributed by atoms with van der Waals surface area (Å²) in [4.78, 5) is 16.6. The van der Waals surface area contributed by atoms with E-state index in [2.05, 4.69) is 9.36 Å². The van der Waals surface area contributed by atoms with Crippen LogP contribution in [0.2, 0.25) is 0 Å². The topological polar surface area (TPSA) is 56.0 Å². The van der Waals surface area contributed by atoms with Gasteiger partial charge in [0.1, 0.15) is 17.7 Å². The standard InChI is InChI=1S/C14H12N2O2S2/c1-2-13-15-14(20-16-13)19-8-11(17)10-7-18-12-6-4-3-5-9(10)12/h3-7H,2,8H2,1H3. The van der Waals surface area contributed by atoms with Crippen LogP contribution in [0.3, 0.4) is 0 Å². The van der Waals surface area contributed by atoms with Crippen LogP contribution < -0.4 is 0 Å². The van der Waals surface area contributed by atoms with Gasteiger partial charge in [-0.1, -0.05) is 36.9 Å². The SMILES string of the molecule is CCc1nsc(SCC(=O)c2coc3ccccc23)n1. The molecule has 2 heterocycles. The van der Waals surface area contributed by atoms with Gasteiger partial charge in [-0.2, -0.15) is 4.37 Å². The highest BCUT2D eigenvalue weighted by atomic mass is 32.2. The maximum atomic E-state index is 12.2. The molecule has 2 aromatic heterocycles. The van der Waals surface area contributed by atoms with Crippen molar-refractivity contribution in [3.63, 3.8) is 0 Å². The lowest BCUT2D eigenvalue weighted by molar-refractivity contribution is 0.102. The Hall–Kier alpha value is -1.66. The van der Waals surface area contributed by atoms with Gasteiger partial charge >= 0.3 is 0 Å². The van der Waals surface area contributed by atoms with Crippen LogP contribution in [0.15, 0.2) is 39.3 Å². The van der Waals surface area contributed by atoms with E-state index in [0.717, 1.165) is 27.6 Å². The second kappa shape index (κ2) is 5.76. The smallest absolute Gasteiger partial charge is 0.177 e. The summed E-state index contributed by atoms with van der Waals surface area (Å²) in [7, 11) is 0. The van der Waals surface area contributed by atoms with E-state index in [9.17, 15) is 4.79 Å². The number of ketones is 1. The molecule has 6 heteroatoms. The van der Waals surface area contributed by atoms with Crippen LogP contribution in [0.25, 0.3) is 11.0 Å². The van der Waals surface area contributed by atoms with Crippen molar-refractivity contribution in [2.45, 2.75) is 17.7 Å². The molecular formula is C14H12N2O2S2. The van der Waals surface area contributed by atoms with Crippen molar-refractivity contribution in [2.75, 3.05) is 5.75 Å². The number of benzene rings is 1. The minimum Gasteiger partial charge on any atom is -0.464 e. The number of thioether (sulfide) groups is 1. The van der Waals surface area contributed by atoms with Crippen molar-refractivity contribution in [2.24, 2.45) is 0 Å². The van der Waals surface area contributed by atoms with Crippen molar-refractivity contribution in [1.29, 1.82) is 0 Å². The van der Waals surface area contributed by atoms with Crippen LogP contribution in [0.4, 0.5) is 0 Å². The van der Waals surface area contributed by atoms with E-state index in [0.29, 0.717) is 11.3 Å². The molecule has 4 nitrogen and oxygen atoms in total. The van der Waals surface area contributed by atoms with Gasteiger partial charge < -0.3 is 4.42 Å². The molecule has 0 fully saturated rings. The normalized spacial score (nSPS) is 11.1. The minimum absolute atomic E-state index is 0.0493. The van der Waals surface area contributed by atoms with Crippen LogP contribution in [0.5, 0.6) is 0 Å². The van der Waals surface area contributed by atoms with E-state index < -0.39 is 0 Å². The first kappa shape index (κ1) is 13.3. The molecule has 0 N–H and O–H groups in total. The molecule has 3 aromatic rings. The number of carbonyl (C=O) groups excluding carboxylic acids is 1. The molecule has 0 atom stereocenters. The number of furan rings is 1. The monoisotopic (exact) mass is 304 g/mol. The molecule has 0 aliphatic carbocycles. The van der Waals surface area contributed by atoms with Crippen LogP contribution in [0.1, 0.15) is 23.1 Å². The molecule has 0 saturated carbocycles. The van der Waals surface area contributed by atoms with E-state index in [-0.39, 0.29) is 5.78 Å². The van der Waals surface area contributed by atoms with Gasteiger partial charge in [-0.25, -0.2) is 4.98 Å². The van der Waals surface area contributed by atoms with Crippen LogP contribution in [-0.2, 0) is 6.42 Å². The molecule has 0 radical (unpaired) electrons. The number of hydrogen-bond acceptors (Lipinski definition) is 6. The van der Waals surface area contributed by atoms with Gasteiger partial charge in [0.2, 0.25) is 0 Å². The third-order valence-corrected chi connectivity index (χ3v) is 4.75. The number of aromatic nitrogens is 2. The minimum atomic E-state index is 0.0493. The van der Waals surface area contributed by atoms with Gasteiger partial charge in [-0.15, -0.1) is 0 Å². The second-order valence-electron chi connectivity index (χ2n) is 4.19. The van der Waals surface area contributed by atoms with Gasteiger partial charge in [0, 0.05) is 11.8 Å². The molecule has 0 spiro atoms. The number of aryl methyl sites for hydroxylation is 1. The molecule has 102 valence electrons. The van der Waals surface area contributed by atoms with Gasteiger partial charge in [0.15, 0.2) is 10.1 Å². The number of rotatable bonds is 5. The highest BCUT2D eigenvalue weighted by Crippen LogP contribution is 2.25. The molecule has 0 amide bonds. The maximum absolute atomic E-state index is 12.2. The number of para-hydroxylation sites is 1. The van der Waals surface area contributed by atoms with E-state index in [1.165, 1.54) is 29.6 Å². The predicted molar refractivity (Wildman–Crippen MR) is 80.6 cm³/mol. The lowest BCUT2D eigenvalue weighted by Gasteiger charge is -1.96. The van der Waals surface area contributed by atoms with Crippen molar-refractivity contribution >= 4 is 40.0 Å². The van der Waals surface area contributed by atoms with E-state index >= 15 is 0 Å². The quantitative estimate of drug-likeness (QED) is 0.530. The van der Waals surface area contributed by atoms with E-state index in [4.69, 9.17) is 4.42 Å². The molecule has 0 saturated heterocycles. The van der Waals surface area contributed by atoms with Gasteiger partial charge in [0.25, 0.3) is 0 Å². The average Bonchev–Trinajstić information content (AvgIpc) is 3.11. The summed E-state index contributed by atoms with van der Waals surface area (Å²) < 4.78 is 10.4. The van der Waals surface area contributed by atoms with Crippen LogP contribution in [0, 0.1) is 0 Å². The summed E-state index contributed by atoms with van der Waals surface area (Å²) in [6, 6.07) is 7.55. The summed E-state index contributed by atoms with van der Waals surface area (Å²) in [6.07, 6.45) is 2.35. The molecule has 0 unspecified atom stereocenters. The van der Waals surface area contributed by atoms with Gasteiger partial charge in [-0.3, -0.25) is 4.79 Å². The first-order valence-corrected chi connectivity index (χ1v) is 7.98. The van der Waals surface area contributed by atoms with Gasteiger partial charge in [0.05, 0.1) is 11.3 Å². The Kier molecular flexibility index (Phi) is 3.84. The van der Waals surface area contributed by atoms with Crippen LogP contribution in [-0.4, -0.2) is 20.9 Å². The Morgan fingerprint density at radius 3 is 3.05 bits per heavy atom. The number of hydrogen-bond donors (Lipinski definition) is 0. The molecule has 0 bridgehead atoms. The molecular weight excluding hydrogens is 292 g/mol.